The highest BCUT2D eigenvalue weighted by Gasteiger charge is 2.23. The largest absolute Gasteiger partial charge is 0.352 e. The first-order chi connectivity index (χ1) is 12.6. The number of carbonyl (C=O) groups is 1. The first-order valence-electron chi connectivity index (χ1n) is 9.36. The number of rotatable bonds is 5. The molecule has 2 unspecified atom stereocenters. The predicted molar refractivity (Wildman–Crippen MR) is 106 cm³/mol. The summed E-state index contributed by atoms with van der Waals surface area (Å²) in [6.45, 7) is 4.32. The van der Waals surface area contributed by atoms with Gasteiger partial charge in [-0.05, 0) is 48.9 Å². The number of amides is 1. The van der Waals surface area contributed by atoms with Crippen molar-refractivity contribution in [2.75, 3.05) is 5.75 Å². The van der Waals surface area contributed by atoms with Gasteiger partial charge in [-0.1, -0.05) is 44.5 Å². The normalized spacial score (nSPS) is 19.9. The van der Waals surface area contributed by atoms with E-state index in [0.717, 1.165) is 23.7 Å². The number of aromatic nitrogens is 1. The topological polar surface area (TPSA) is 65.8 Å². The molecule has 1 heterocycles. The van der Waals surface area contributed by atoms with Crippen molar-refractivity contribution >= 4 is 28.6 Å². The van der Waals surface area contributed by atoms with Crippen LogP contribution in [0.15, 0.2) is 29.3 Å². The van der Waals surface area contributed by atoms with E-state index in [-0.39, 0.29) is 11.9 Å². The smallest absolute Gasteiger partial charge is 0.230 e. The van der Waals surface area contributed by atoms with Crippen LogP contribution >= 0.6 is 11.8 Å². The molecule has 0 saturated heterocycles. The number of nitrogens with one attached hydrogen (secondary N) is 1. The van der Waals surface area contributed by atoms with Crippen molar-refractivity contribution in [2.24, 2.45) is 5.92 Å². The summed E-state index contributed by atoms with van der Waals surface area (Å²) in [4.78, 5) is 16.9. The van der Waals surface area contributed by atoms with Crippen molar-refractivity contribution in [1.82, 2.24) is 10.3 Å². The van der Waals surface area contributed by atoms with Crippen LogP contribution < -0.4 is 5.32 Å². The van der Waals surface area contributed by atoms with Gasteiger partial charge >= 0.3 is 0 Å². The molecule has 136 valence electrons. The maximum Gasteiger partial charge on any atom is 0.230 e. The Morgan fingerprint density at radius 3 is 2.88 bits per heavy atom. The molecule has 0 aliphatic heterocycles. The molecule has 0 radical (unpaired) electrons. The van der Waals surface area contributed by atoms with Crippen molar-refractivity contribution in [3.63, 3.8) is 0 Å². The molecule has 3 rings (SSSR count). The zero-order valence-corrected chi connectivity index (χ0v) is 16.2. The molecule has 5 heteroatoms. The summed E-state index contributed by atoms with van der Waals surface area (Å²) in [6, 6.07) is 10.5. The first kappa shape index (κ1) is 18.7. The quantitative estimate of drug-likeness (QED) is 0.793. The Labute approximate surface area is 159 Å². The Hall–Kier alpha value is -2.06. The number of hydrogen-bond donors (Lipinski definition) is 1. The number of carbonyl (C=O) groups excluding carboxylic acids is 1. The van der Waals surface area contributed by atoms with Crippen LogP contribution in [0.2, 0.25) is 0 Å². The fourth-order valence-corrected chi connectivity index (χ4v) is 4.31. The van der Waals surface area contributed by atoms with Crippen molar-refractivity contribution < 1.29 is 4.79 Å². The SMILES string of the molecule is CCc1ccc2nc(SCC(=O)NC3CCCCC3C)c(C#N)cc2c1. The summed E-state index contributed by atoms with van der Waals surface area (Å²) in [7, 11) is 0. The van der Waals surface area contributed by atoms with Gasteiger partial charge in [0.05, 0.1) is 16.8 Å². The van der Waals surface area contributed by atoms with E-state index in [1.54, 1.807) is 0 Å². The Balaban J connectivity index is 1.69. The second kappa shape index (κ2) is 8.55. The monoisotopic (exact) mass is 367 g/mol. The van der Waals surface area contributed by atoms with Crippen molar-refractivity contribution in [1.29, 1.82) is 5.26 Å². The lowest BCUT2D eigenvalue weighted by Crippen LogP contribution is -2.41. The highest BCUT2D eigenvalue weighted by molar-refractivity contribution is 8.00. The highest BCUT2D eigenvalue weighted by atomic mass is 32.2. The number of pyridine rings is 1. The summed E-state index contributed by atoms with van der Waals surface area (Å²) < 4.78 is 0. The predicted octanol–water partition coefficient (Wildman–Crippen LogP) is 4.46. The van der Waals surface area contributed by atoms with E-state index >= 15 is 0 Å². The van der Waals surface area contributed by atoms with Crippen LogP contribution in [0.5, 0.6) is 0 Å². The summed E-state index contributed by atoms with van der Waals surface area (Å²) in [5.41, 5.74) is 2.63. The van der Waals surface area contributed by atoms with Gasteiger partial charge in [-0.15, -0.1) is 0 Å². The van der Waals surface area contributed by atoms with Crippen LogP contribution in [0.3, 0.4) is 0 Å². The van der Waals surface area contributed by atoms with Crippen LogP contribution in [0.4, 0.5) is 0 Å². The van der Waals surface area contributed by atoms with Crippen LogP contribution in [-0.2, 0) is 11.2 Å². The number of benzene rings is 1. The van der Waals surface area contributed by atoms with Gasteiger partial charge < -0.3 is 5.32 Å². The highest BCUT2D eigenvalue weighted by Crippen LogP contribution is 2.26. The third-order valence-corrected chi connectivity index (χ3v) is 6.16. The minimum Gasteiger partial charge on any atom is -0.352 e. The maximum absolute atomic E-state index is 12.3. The van der Waals surface area contributed by atoms with E-state index in [1.165, 1.54) is 36.6 Å². The molecule has 1 aliphatic rings. The molecule has 2 atom stereocenters. The summed E-state index contributed by atoms with van der Waals surface area (Å²) in [5, 5.41) is 14.2. The lowest BCUT2D eigenvalue weighted by molar-refractivity contribution is -0.119. The Morgan fingerprint density at radius 2 is 2.15 bits per heavy atom. The molecule has 1 aliphatic carbocycles. The second-order valence-corrected chi connectivity index (χ2v) is 8.02. The number of aryl methyl sites for hydroxylation is 1. The van der Waals surface area contributed by atoms with Gasteiger partial charge in [-0.25, -0.2) is 4.98 Å². The fraction of sp³-hybridized carbons (Fsp3) is 0.476. The Bertz CT molecular complexity index is 843. The maximum atomic E-state index is 12.3. The Morgan fingerprint density at radius 1 is 1.35 bits per heavy atom. The first-order valence-corrected chi connectivity index (χ1v) is 10.3. The van der Waals surface area contributed by atoms with Gasteiger partial charge in [-0.3, -0.25) is 4.79 Å². The number of hydrogen-bond acceptors (Lipinski definition) is 4. The molecule has 1 amide bonds. The fourth-order valence-electron chi connectivity index (χ4n) is 3.53. The van der Waals surface area contributed by atoms with Crippen molar-refractivity contribution in [3.8, 4) is 6.07 Å². The van der Waals surface area contributed by atoms with Crippen molar-refractivity contribution in [2.45, 2.75) is 57.0 Å². The van der Waals surface area contributed by atoms with Gasteiger partial charge in [0, 0.05) is 11.4 Å². The lowest BCUT2D eigenvalue weighted by Gasteiger charge is -2.29. The summed E-state index contributed by atoms with van der Waals surface area (Å²) in [5.74, 6) is 0.864. The van der Waals surface area contributed by atoms with Gasteiger partial charge in [0.1, 0.15) is 11.1 Å². The average molecular weight is 368 g/mol. The second-order valence-electron chi connectivity index (χ2n) is 7.06. The molecule has 1 N–H and O–H groups in total. The Kier molecular flexibility index (Phi) is 6.16. The third kappa shape index (κ3) is 4.37. The number of thioether (sulfide) groups is 1. The summed E-state index contributed by atoms with van der Waals surface area (Å²) in [6.07, 6.45) is 5.65. The van der Waals surface area contributed by atoms with E-state index < -0.39 is 0 Å². The number of nitrogens with zero attached hydrogens (tertiary/aromatic N) is 2. The molecule has 26 heavy (non-hydrogen) atoms. The molecular formula is C21H25N3OS. The van der Waals surface area contributed by atoms with Gasteiger partial charge in [0.15, 0.2) is 0 Å². The lowest BCUT2D eigenvalue weighted by atomic mass is 9.86. The molecule has 1 aromatic heterocycles. The summed E-state index contributed by atoms with van der Waals surface area (Å²) >= 11 is 1.35. The van der Waals surface area contributed by atoms with E-state index in [0.29, 0.717) is 22.3 Å². The molecule has 0 bridgehead atoms. The molecule has 1 fully saturated rings. The van der Waals surface area contributed by atoms with E-state index in [9.17, 15) is 10.1 Å². The van der Waals surface area contributed by atoms with Crippen molar-refractivity contribution in [3.05, 3.63) is 35.4 Å². The number of fused-ring (bicyclic) bond motifs is 1. The van der Waals surface area contributed by atoms with Crippen LogP contribution in [0.25, 0.3) is 10.9 Å². The molecule has 2 aromatic rings. The zero-order valence-electron chi connectivity index (χ0n) is 15.4. The van der Waals surface area contributed by atoms with Gasteiger partial charge in [-0.2, -0.15) is 5.26 Å². The van der Waals surface area contributed by atoms with Crippen LogP contribution in [0.1, 0.15) is 50.7 Å². The zero-order chi connectivity index (χ0) is 18.5. The molecule has 4 nitrogen and oxygen atoms in total. The average Bonchev–Trinajstić information content (AvgIpc) is 2.67. The van der Waals surface area contributed by atoms with Gasteiger partial charge in [0.2, 0.25) is 5.91 Å². The minimum absolute atomic E-state index is 0.0286. The molecular weight excluding hydrogens is 342 g/mol. The van der Waals surface area contributed by atoms with Crippen LogP contribution in [-0.4, -0.2) is 22.7 Å². The van der Waals surface area contributed by atoms with E-state index in [1.807, 2.05) is 12.1 Å². The van der Waals surface area contributed by atoms with Gasteiger partial charge in [0.25, 0.3) is 0 Å². The minimum atomic E-state index is 0.0286. The third-order valence-electron chi connectivity index (χ3n) is 5.17. The standard InChI is InChI=1S/C21H25N3OS/c1-3-15-8-9-19-16(10-15)11-17(12-22)21(24-19)26-13-20(25)23-18-7-5-4-6-14(18)2/h8-11,14,18H,3-7,13H2,1-2H3,(H,23,25). The van der Waals surface area contributed by atoms with Crippen LogP contribution in [0, 0.1) is 17.2 Å². The van der Waals surface area contributed by atoms with E-state index in [2.05, 4.69) is 42.4 Å². The molecule has 0 spiro atoms. The number of nitriles is 1. The van der Waals surface area contributed by atoms with E-state index in [4.69, 9.17) is 0 Å². The molecule has 1 aromatic carbocycles. The molecule has 1 saturated carbocycles.